The van der Waals surface area contributed by atoms with Crippen LogP contribution in [0.2, 0.25) is 0 Å². The lowest BCUT2D eigenvalue weighted by atomic mass is 9.89. The summed E-state index contributed by atoms with van der Waals surface area (Å²) in [5, 5.41) is 0. The van der Waals surface area contributed by atoms with Gasteiger partial charge in [-0.2, -0.15) is 0 Å². The summed E-state index contributed by atoms with van der Waals surface area (Å²) in [5.41, 5.74) is 3.13. The Morgan fingerprint density at radius 2 is 1.74 bits per heavy atom. The molecule has 1 aromatic rings. The molecule has 0 spiro atoms. The smallest absolute Gasteiger partial charge is 0.254 e. The van der Waals surface area contributed by atoms with Crippen LogP contribution in [0, 0.1) is 19.8 Å². The van der Waals surface area contributed by atoms with Crippen LogP contribution in [0.15, 0.2) is 18.2 Å². The van der Waals surface area contributed by atoms with E-state index < -0.39 is 0 Å². The van der Waals surface area contributed by atoms with Gasteiger partial charge in [0.25, 0.3) is 5.91 Å². The van der Waals surface area contributed by atoms with Crippen LogP contribution in [0.5, 0.6) is 0 Å². The summed E-state index contributed by atoms with van der Waals surface area (Å²) in [7, 11) is 0. The van der Waals surface area contributed by atoms with Gasteiger partial charge in [-0.25, -0.2) is 0 Å². The molecule has 1 aromatic carbocycles. The summed E-state index contributed by atoms with van der Waals surface area (Å²) in [6, 6.07) is 6.17. The van der Waals surface area contributed by atoms with Crippen LogP contribution in [0.4, 0.5) is 0 Å². The van der Waals surface area contributed by atoms with Crippen molar-refractivity contribution in [2.24, 2.45) is 5.92 Å². The molecule has 1 saturated carbocycles. The van der Waals surface area contributed by atoms with Crippen LogP contribution in [-0.2, 0) is 0 Å². The minimum absolute atomic E-state index is 0.212. The van der Waals surface area contributed by atoms with Gasteiger partial charge in [0.15, 0.2) is 0 Å². The summed E-state index contributed by atoms with van der Waals surface area (Å²) >= 11 is 0. The molecule has 0 aromatic heterocycles. The summed E-state index contributed by atoms with van der Waals surface area (Å²) in [6.07, 6.45) is 7.06. The van der Waals surface area contributed by atoms with E-state index in [2.05, 4.69) is 24.0 Å². The Balaban J connectivity index is 1.53. The molecule has 1 aliphatic carbocycles. The maximum absolute atomic E-state index is 12.8. The molecule has 0 N–H and O–H groups in total. The van der Waals surface area contributed by atoms with E-state index in [-0.39, 0.29) is 5.91 Å². The minimum atomic E-state index is 0.212. The zero-order valence-corrected chi connectivity index (χ0v) is 14.7. The lowest BCUT2D eigenvalue weighted by molar-refractivity contribution is 0.0605. The average molecular weight is 314 g/mol. The van der Waals surface area contributed by atoms with Crippen molar-refractivity contribution < 1.29 is 4.79 Å². The molecule has 0 unspecified atom stereocenters. The number of hydrogen-bond donors (Lipinski definition) is 0. The van der Waals surface area contributed by atoms with E-state index in [0.29, 0.717) is 0 Å². The molecular formula is C20H30N2O. The highest BCUT2D eigenvalue weighted by Gasteiger charge is 2.25. The molecule has 1 heterocycles. The Bertz CT molecular complexity index is 541. The van der Waals surface area contributed by atoms with Gasteiger partial charge >= 0.3 is 0 Å². The second-order valence-electron chi connectivity index (χ2n) is 7.42. The van der Waals surface area contributed by atoms with Crippen LogP contribution in [0.3, 0.4) is 0 Å². The summed E-state index contributed by atoms with van der Waals surface area (Å²) < 4.78 is 0. The molecule has 2 fully saturated rings. The van der Waals surface area contributed by atoms with Gasteiger partial charge in [0.05, 0.1) is 0 Å². The molecular weight excluding hydrogens is 284 g/mol. The van der Waals surface area contributed by atoms with Crippen molar-refractivity contribution in [2.75, 3.05) is 32.7 Å². The Labute approximate surface area is 140 Å². The van der Waals surface area contributed by atoms with E-state index in [4.69, 9.17) is 0 Å². The van der Waals surface area contributed by atoms with Gasteiger partial charge in [0.2, 0.25) is 0 Å². The fraction of sp³-hybridized carbons (Fsp3) is 0.650. The van der Waals surface area contributed by atoms with Crippen molar-refractivity contribution in [1.29, 1.82) is 0 Å². The largest absolute Gasteiger partial charge is 0.336 e. The number of carbonyl (C=O) groups excluding carboxylic acids is 1. The number of piperazine rings is 1. The number of benzene rings is 1. The van der Waals surface area contributed by atoms with Gasteiger partial charge in [-0.05, 0) is 44.2 Å². The Morgan fingerprint density at radius 3 is 2.43 bits per heavy atom. The second kappa shape index (κ2) is 7.48. The standard InChI is InChI=1S/C20H30N2O/c1-16-8-9-17(2)19(14-16)20(23)22-12-10-21(11-13-22)15-18-6-4-3-5-7-18/h8-9,14,18H,3-7,10-13,15H2,1-2H3. The third kappa shape index (κ3) is 4.14. The highest BCUT2D eigenvalue weighted by molar-refractivity contribution is 5.95. The first-order valence-electron chi connectivity index (χ1n) is 9.22. The monoisotopic (exact) mass is 314 g/mol. The number of carbonyl (C=O) groups is 1. The maximum Gasteiger partial charge on any atom is 0.254 e. The molecule has 23 heavy (non-hydrogen) atoms. The fourth-order valence-electron chi connectivity index (χ4n) is 4.00. The van der Waals surface area contributed by atoms with Gasteiger partial charge in [0, 0.05) is 38.3 Å². The van der Waals surface area contributed by atoms with Crippen molar-refractivity contribution in [3.63, 3.8) is 0 Å². The van der Waals surface area contributed by atoms with Gasteiger partial charge in [-0.1, -0.05) is 37.0 Å². The average Bonchev–Trinajstić information content (AvgIpc) is 2.58. The molecule has 126 valence electrons. The van der Waals surface area contributed by atoms with Gasteiger partial charge in [0.1, 0.15) is 0 Å². The number of amides is 1. The van der Waals surface area contributed by atoms with Gasteiger partial charge < -0.3 is 4.90 Å². The van der Waals surface area contributed by atoms with Crippen molar-refractivity contribution in [1.82, 2.24) is 9.80 Å². The normalized spacial score (nSPS) is 20.7. The molecule has 0 atom stereocenters. The zero-order valence-electron chi connectivity index (χ0n) is 14.7. The molecule has 0 bridgehead atoms. The van der Waals surface area contributed by atoms with E-state index in [1.54, 1.807) is 0 Å². The van der Waals surface area contributed by atoms with E-state index >= 15 is 0 Å². The number of hydrogen-bond acceptors (Lipinski definition) is 2. The highest BCUT2D eigenvalue weighted by atomic mass is 16.2. The van der Waals surface area contributed by atoms with Crippen molar-refractivity contribution >= 4 is 5.91 Å². The maximum atomic E-state index is 12.8. The van der Waals surface area contributed by atoms with Crippen molar-refractivity contribution in [2.45, 2.75) is 46.0 Å². The Morgan fingerprint density at radius 1 is 1.04 bits per heavy atom. The van der Waals surface area contributed by atoms with E-state index in [1.165, 1.54) is 38.6 Å². The molecule has 1 aliphatic heterocycles. The quantitative estimate of drug-likeness (QED) is 0.850. The van der Waals surface area contributed by atoms with Crippen molar-refractivity contribution in [3.8, 4) is 0 Å². The van der Waals surface area contributed by atoms with Crippen LogP contribution in [0.1, 0.15) is 53.6 Å². The second-order valence-corrected chi connectivity index (χ2v) is 7.42. The highest BCUT2D eigenvalue weighted by Crippen LogP contribution is 2.25. The number of rotatable bonds is 3. The summed E-state index contributed by atoms with van der Waals surface area (Å²) in [5.74, 6) is 1.11. The van der Waals surface area contributed by atoms with Gasteiger partial charge in [-0.3, -0.25) is 9.69 Å². The Kier molecular flexibility index (Phi) is 5.37. The Hall–Kier alpha value is -1.35. The first-order chi connectivity index (χ1) is 11.1. The fourth-order valence-corrected chi connectivity index (χ4v) is 4.00. The molecule has 2 aliphatic rings. The summed E-state index contributed by atoms with van der Waals surface area (Å²) in [4.78, 5) is 17.4. The van der Waals surface area contributed by atoms with Crippen LogP contribution >= 0.6 is 0 Å². The predicted octanol–water partition coefficient (Wildman–Crippen LogP) is 3.64. The third-order valence-electron chi connectivity index (χ3n) is 5.52. The molecule has 3 rings (SSSR count). The van der Waals surface area contributed by atoms with E-state index in [9.17, 15) is 4.79 Å². The third-order valence-corrected chi connectivity index (χ3v) is 5.52. The topological polar surface area (TPSA) is 23.6 Å². The lowest BCUT2D eigenvalue weighted by Crippen LogP contribution is -2.50. The van der Waals surface area contributed by atoms with E-state index in [1.807, 2.05) is 17.9 Å². The minimum Gasteiger partial charge on any atom is -0.336 e. The molecule has 1 saturated heterocycles. The van der Waals surface area contributed by atoms with Crippen LogP contribution in [0.25, 0.3) is 0 Å². The molecule has 1 amide bonds. The van der Waals surface area contributed by atoms with Crippen LogP contribution < -0.4 is 0 Å². The summed E-state index contributed by atoms with van der Waals surface area (Å²) in [6.45, 7) is 9.15. The van der Waals surface area contributed by atoms with Crippen molar-refractivity contribution in [3.05, 3.63) is 34.9 Å². The number of nitrogens with zero attached hydrogens (tertiary/aromatic N) is 2. The number of aryl methyl sites for hydroxylation is 2. The van der Waals surface area contributed by atoms with E-state index in [0.717, 1.165) is 48.8 Å². The predicted molar refractivity (Wildman–Crippen MR) is 94.8 cm³/mol. The molecule has 0 radical (unpaired) electrons. The molecule has 3 heteroatoms. The van der Waals surface area contributed by atoms with Gasteiger partial charge in [-0.15, -0.1) is 0 Å². The lowest BCUT2D eigenvalue weighted by Gasteiger charge is -2.37. The first kappa shape index (κ1) is 16.5. The van der Waals surface area contributed by atoms with Crippen LogP contribution in [-0.4, -0.2) is 48.4 Å². The first-order valence-corrected chi connectivity index (χ1v) is 9.22. The zero-order chi connectivity index (χ0) is 16.2. The molecule has 3 nitrogen and oxygen atoms in total. The SMILES string of the molecule is Cc1ccc(C)c(C(=O)N2CCN(CC3CCCCC3)CC2)c1.